The molecule has 1 rings (SSSR count). The Morgan fingerprint density at radius 2 is 1.73 bits per heavy atom. The molecule has 8 heteroatoms. The van der Waals surface area contributed by atoms with E-state index >= 15 is 0 Å². The number of sulfonamides is 1. The van der Waals surface area contributed by atoms with Gasteiger partial charge >= 0.3 is 6.09 Å². The Labute approximate surface area is 131 Å². The zero-order valence-corrected chi connectivity index (χ0v) is 14.0. The van der Waals surface area contributed by atoms with E-state index in [1.54, 1.807) is 32.9 Å². The quantitative estimate of drug-likeness (QED) is 0.771. The SMILES string of the molecule is COc1ccc(S(=O)(=O)NCCNC(=O)OC(C)(C)C)cc1. The van der Waals surface area contributed by atoms with Gasteiger partial charge in [0.2, 0.25) is 10.0 Å². The van der Waals surface area contributed by atoms with Gasteiger partial charge in [0.15, 0.2) is 0 Å². The normalized spacial score (nSPS) is 11.8. The molecule has 0 saturated carbocycles. The average molecular weight is 330 g/mol. The molecule has 0 aliphatic carbocycles. The Morgan fingerprint density at radius 3 is 2.23 bits per heavy atom. The molecular formula is C14H22N2O5S. The highest BCUT2D eigenvalue weighted by Crippen LogP contribution is 2.14. The molecule has 0 radical (unpaired) electrons. The predicted octanol–water partition coefficient (Wildman–Crippen LogP) is 1.50. The van der Waals surface area contributed by atoms with E-state index in [0.29, 0.717) is 5.75 Å². The van der Waals surface area contributed by atoms with E-state index in [0.717, 1.165) is 0 Å². The lowest BCUT2D eigenvalue weighted by atomic mass is 10.2. The summed E-state index contributed by atoms with van der Waals surface area (Å²) in [6.07, 6.45) is -0.587. The third-order valence-corrected chi connectivity index (χ3v) is 3.93. The Hall–Kier alpha value is -1.80. The van der Waals surface area contributed by atoms with E-state index in [4.69, 9.17) is 9.47 Å². The minimum absolute atomic E-state index is 0.0631. The van der Waals surface area contributed by atoms with Gasteiger partial charge in [-0.3, -0.25) is 0 Å². The van der Waals surface area contributed by atoms with Crippen molar-refractivity contribution in [1.29, 1.82) is 0 Å². The van der Waals surface area contributed by atoms with Crippen molar-refractivity contribution >= 4 is 16.1 Å². The summed E-state index contributed by atoms with van der Waals surface area (Å²) in [6, 6.07) is 6.02. The van der Waals surface area contributed by atoms with Gasteiger partial charge in [0.1, 0.15) is 11.4 Å². The molecule has 0 aliphatic heterocycles. The standard InChI is InChI=1S/C14H22N2O5S/c1-14(2,3)21-13(17)15-9-10-16-22(18,19)12-7-5-11(20-4)6-8-12/h5-8,16H,9-10H2,1-4H3,(H,15,17). The Balaban J connectivity index is 2.44. The fourth-order valence-electron chi connectivity index (χ4n) is 1.50. The van der Waals surface area contributed by atoms with Crippen LogP contribution >= 0.6 is 0 Å². The average Bonchev–Trinajstić information content (AvgIpc) is 2.42. The van der Waals surface area contributed by atoms with E-state index in [1.165, 1.54) is 19.2 Å². The second-order valence-corrected chi connectivity index (χ2v) is 7.27. The summed E-state index contributed by atoms with van der Waals surface area (Å²) in [5.74, 6) is 0.575. The van der Waals surface area contributed by atoms with Crippen molar-refractivity contribution in [3.05, 3.63) is 24.3 Å². The van der Waals surface area contributed by atoms with Crippen LogP contribution in [-0.2, 0) is 14.8 Å². The smallest absolute Gasteiger partial charge is 0.407 e. The molecule has 0 atom stereocenters. The molecule has 1 amide bonds. The number of methoxy groups -OCH3 is 1. The Kier molecular flexibility index (Phi) is 6.19. The fraction of sp³-hybridized carbons (Fsp3) is 0.500. The first kappa shape index (κ1) is 18.2. The minimum atomic E-state index is -3.62. The zero-order valence-electron chi connectivity index (χ0n) is 13.2. The van der Waals surface area contributed by atoms with Gasteiger partial charge in [-0.15, -0.1) is 0 Å². The van der Waals surface area contributed by atoms with Crippen molar-refractivity contribution in [2.45, 2.75) is 31.3 Å². The van der Waals surface area contributed by atoms with E-state index in [-0.39, 0.29) is 18.0 Å². The molecule has 0 bridgehead atoms. The van der Waals surface area contributed by atoms with Crippen molar-refractivity contribution in [2.24, 2.45) is 0 Å². The lowest BCUT2D eigenvalue weighted by molar-refractivity contribution is 0.0529. The molecule has 0 aromatic heterocycles. The maximum Gasteiger partial charge on any atom is 0.407 e. The van der Waals surface area contributed by atoms with Crippen LogP contribution in [0.4, 0.5) is 4.79 Å². The first-order valence-corrected chi connectivity index (χ1v) is 8.23. The number of ether oxygens (including phenoxy) is 2. The lowest BCUT2D eigenvalue weighted by Gasteiger charge is -2.19. The number of rotatable bonds is 6. The van der Waals surface area contributed by atoms with Crippen molar-refractivity contribution in [2.75, 3.05) is 20.2 Å². The second kappa shape index (κ2) is 7.46. The van der Waals surface area contributed by atoms with Crippen LogP contribution in [0.25, 0.3) is 0 Å². The predicted molar refractivity (Wildman–Crippen MR) is 82.4 cm³/mol. The fourth-order valence-corrected chi connectivity index (χ4v) is 2.53. The third-order valence-electron chi connectivity index (χ3n) is 2.46. The molecule has 0 unspecified atom stereocenters. The van der Waals surface area contributed by atoms with Gasteiger partial charge < -0.3 is 14.8 Å². The minimum Gasteiger partial charge on any atom is -0.497 e. The van der Waals surface area contributed by atoms with Gasteiger partial charge in [0, 0.05) is 13.1 Å². The van der Waals surface area contributed by atoms with E-state index < -0.39 is 21.7 Å². The van der Waals surface area contributed by atoms with E-state index in [1.807, 2.05) is 0 Å². The largest absolute Gasteiger partial charge is 0.497 e. The number of benzene rings is 1. The summed E-state index contributed by atoms with van der Waals surface area (Å²) in [5.41, 5.74) is -0.591. The molecule has 0 saturated heterocycles. The van der Waals surface area contributed by atoms with Gasteiger partial charge in [0.05, 0.1) is 12.0 Å². The summed E-state index contributed by atoms with van der Waals surface area (Å²) in [7, 11) is -2.11. The number of hydrogen-bond donors (Lipinski definition) is 2. The molecule has 0 aliphatic rings. The van der Waals surface area contributed by atoms with Crippen LogP contribution in [0.1, 0.15) is 20.8 Å². The van der Waals surface area contributed by atoms with E-state index in [2.05, 4.69) is 10.0 Å². The number of hydrogen-bond acceptors (Lipinski definition) is 5. The monoisotopic (exact) mass is 330 g/mol. The number of alkyl carbamates (subject to hydrolysis) is 1. The van der Waals surface area contributed by atoms with Crippen LogP contribution in [-0.4, -0.2) is 40.3 Å². The number of amides is 1. The van der Waals surface area contributed by atoms with Crippen LogP contribution in [0.5, 0.6) is 5.75 Å². The molecule has 2 N–H and O–H groups in total. The molecule has 0 fully saturated rings. The summed E-state index contributed by atoms with van der Waals surface area (Å²) in [5, 5.41) is 2.47. The summed E-state index contributed by atoms with van der Waals surface area (Å²) < 4.78 is 36.4. The van der Waals surface area contributed by atoms with Crippen LogP contribution in [0.2, 0.25) is 0 Å². The highest BCUT2D eigenvalue weighted by Gasteiger charge is 2.16. The van der Waals surface area contributed by atoms with Gasteiger partial charge in [0.25, 0.3) is 0 Å². The topological polar surface area (TPSA) is 93.7 Å². The van der Waals surface area contributed by atoms with Crippen molar-refractivity contribution in [3.63, 3.8) is 0 Å². The van der Waals surface area contributed by atoms with Crippen molar-refractivity contribution in [3.8, 4) is 5.75 Å². The molecule has 0 spiro atoms. The van der Waals surface area contributed by atoms with Gasteiger partial charge in [-0.2, -0.15) is 0 Å². The number of nitrogens with one attached hydrogen (secondary N) is 2. The summed E-state index contributed by atoms with van der Waals surface area (Å²) in [4.78, 5) is 11.5. The number of carbonyl (C=O) groups is 1. The maximum atomic E-state index is 12.0. The second-order valence-electron chi connectivity index (χ2n) is 5.50. The maximum absolute atomic E-state index is 12.0. The van der Waals surface area contributed by atoms with Gasteiger partial charge in [-0.25, -0.2) is 17.9 Å². The molecule has 1 aromatic rings. The van der Waals surface area contributed by atoms with Crippen LogP contribution < -0.4 is 14.8 Å². The van der Waals surface area contributed by atoms with Gasteiger partial charge in [-0.1, -0.05) is 0 Å². The van der Waals surface area contributed by atoms with Crippen molar-refractivity contribution in [1.82, 2.24) is 10.0 Å². The molecule has 0 heterocycles. The van der Waals surface area contributed by atoms with Gasteiger partial charge in [-0.05, 0) is 45.0 Å². The third kappa shape index (κ3) is 6.31. The first-order chi connectivity index (χ1) is 10.1. The highest BCUT2D eigenvalue weighted by atomic mass is 32.2. The molecule has 22 heavy (non-hydrogen) atoms. The molecule has 124 valence electrons. The molecule has 7 nitrogen and oxygen atoms in total. The first-order valence-electron chi connectivity index (χ1n) is 6.74. The zero-order chi connectivity index (χ0) is 16.8. The van der Waals surface area contributed by atoms with Crippen LogP contribution in [0.15, 0.2) is 29.2 Å². The van der Waals surface area contributed by atoms with Crippen molar-refractivity contribution < 1.29 is 22.7 Å². The number of carbonyl (C=O) groups excluding carboxylic acids is 1. The van der Waals surface area contributed by atoms with Crippen LogP contribution in [0.3, 0.4) is 0 Å². The molecule has 1 aromatic carbocycles. The van der Waals surface area contributed by atoms with E-state index in [9.17, 15) is 13.2 Å². The lowest BCUT2D eigenvalue weighted by Crippen LogP contribution is -2.37. The molecular weight excluding hydrogens is 308 g/mol. The highest BCUT2D eigenvalue weighted by molar-refractivity contribution is 7.89. The van der Waals surface area contributed by atoms with Crippen LogP contribution in [0, 0.1) is 0 Å². The Bertz CT molecular complexity index is 591. The summed E-state index contributed by atoms with van der Waals surface area (Å²) in [6.45, 7) is 5.44. The Morgan fingerprint density at radius 1 is 1.14 bits per heavy atom. The summed E-state index contributed by atoms with van der Waals surface area (Å²) >= 11 is 0.